The number of carbonyl (C=O) groups is 1. The zero-order valence-corrected chi connectivity index (χ0v) is 22.8. The lowest BCUT2D eigenvalue weighted by atomic mass is 10.1. The molecule has 2 aromatic heterocycles. The molecule has 3 heterocycles. The van der Waals surface area contributed by atoms with Gasteiger partial charge in [-0.25, -0.2) is 19.7 Å². The minimum absolute atomic E-state index is 0.0507. The van der Waals surface area contributed by atoms with Crippen molar-refractivity contribution in [3.63, 3.8) is 0 Å². The fraction of sp³-hybridized carbons (Fsp3) is 0.241. The summed E-state index contributed by atoms with van der Waals surface area (Å²) in [5, 5.41) is 8.18. The number of anilines is 4. The van der Waals surface area contributed by atoms with Crippen LogP contribution in [0.2, 0.25) is 0 Å². The van der Waals surface area contributed by atoms with Crippen LogP contribution in [0.25, 0.3) is 11.3 Å². The Labute approximate surface area is 239 Å². The number of aryl methyl sites for hydroxylation is 1. The average Bonchev–Trinajstić information content (AvgIpc) is 2.99. The molecule has 5 rings (SSSR count). The number of ether oxygens (including phenoxy) is 2. The molecule has 13 heteroatoms. The van der Waals surface area contributed by atoms with Gasteiger partial charge in [0.1, 0.15) is 5.75 Å². The monoisotopic (exact) mass is 579 g/mol. The Morgan fingerprint density at radius 3 is 2.55 bits per heavy atom. The van der Waals surface area contributed by atoms with Crippen molar-refractivity contribution < 1.29 is 27.4 Å². The van der Waals surface area contributed by atoms with E-state index in [4.69, 9.17) is 9.47 Å². The maximum absolute atomic E-state index is 13.4. The predicted molar refractivity (Wildman–Crippen MR) is 153 cm³/mol. The Hall–Kier alpha value is -4.91. The second-order valence-corrected chi connectivity index (χ2v) is 9.36. The van der Waals surface area contributed by atoms with Crippen LogP contribution in [0, 0.1) is 6.92 Å². The molecule has 218 valence electrons. The highest BCUT2D eigenvalue weighted by Crippen LogP contribution is 2.36. The molecular formula is C29H28F3N7O3. The average molecular weight is 580 g/mol. The van der Waals surface area contributed by atoms with Gasteiger partial charge in [-0.3, -0.25) is 0 Å². The predicted octanol–water partition coefficient (Wildman–Crippen LogP) is 6.18. The SMILES string of the molecule is CNc1nccc(-c2cccnc2Oc2ccc(NC(=O)Nc3cc(C(F)(F)F)ccc3N3CCOCC3)cc2C)n1. The largest absolute Gasteiger partial charge is 0.438 e. The number of nitrogens with zero attached hydrogens (tertiary/aromatic N) is 4. The number of carbonyl (C=O) groups excluding carboxylic acids is 1. The Balaban J connectivity index is 1.32. The quantitative estimate of drug-likeness (QED) is 0.238. The van der Waals surface area contributed by atoms with Crippen LogP contribution in [0.1, 0.15) is 11.1 Å². The second-order valence-electron chi connectivity index (χ2n) is 9.36. The summed E-state index contributed by atoms with van der Waals surface area (Å²) in [6.45, 7) is 3.67. The van der Waals surface area contributed by atoms with Gasteiger partial charge < -0.3 is 30.3 Å². The normalized spacial score (nSPS) is 13.4. The van der Waals surface area contributed by atoms with Crippen LogP contribution in [0.15, 0.2) is 67.0 Å². The van der Waals surface area contributed by atoms with Crippen molar-refractivity contribution in [2.45, 2.75) is 13.1 Å². The first-order valence-electron chi connectivity index (χ1n) is 13.1. The molecule has 0 bridgehead atoms. The molecule has 1 aliphatic rings. The molecule has 0 spiro atoms. The number of nitrogens with one attached hydrogen (secondary N) is 3. The molecular weight excluding hydrogens is 551 g/mol. The number of amides is 2. The molecule has 0 radical (unpaired) electrons. The van der Waals surface area contributed by atoms with Gasteiger partial charge in [-0.2, -0.15) is 13.2 Å². The lowest BCUT2D eigenvalue weighted by molar-refractivity contribution is -0.137. The van der Waals surface area contributed by atoms with E-state index in [1.54, 1.807) is 56.7 Å². The molecule has 0 saturated carbocycles. The molecule has 42 heavy (non-hydrogen) atoms. The molecule has 2 amide bonds. The summed E-state index contributed by atoms with van der Waals surface area (Å²) in [5.41, 5.74) is 2.08. The van der Waals surface area contributed by atoms with Gasteiger partial charge in [0.2, 0.25) is 11.8 Å². The van der Waals surface area contributed by atoms with E-state index >= 15 is 0 Å². The van der Waals surface area contributed by atoms with Crippen LogP contribution in [-0.4, -0.2) is 54.3 Å². The van der Waals surface area contributed by atoms with Gasteiger partial charge in [0, 0.05) is 38.2 Å². The zero-order valence-electron chi connectivity index (χ0n) is 22.8. The number of urea groups is 1. The smallest absolute Gasteiger partial charge is 0.416 e. The topological polar surface area (TPSA) is 114 Å². The van der Waals surface area contributed by atoms with E-state index in [9.17, 15) is 18.0 Å². The van der Waals surface area contributed by atoms with Crippen molar-refractivity contribution >= 4 is 29.0 Å². The van der Waals surface area contributed by atoms with Gasteiger partial charge in [-0.15, -0.1) is 0 Å². The van der Waals surface area contributed by atoms with Crippen molar-refractivity contribution in [3.05, 3.63) is 78.1 Å². The maximum atomic E-state index is 13.4. The summed E-state index contributed by atoms with van der Waals surface area (Å²) in [6.07, 6.45) is -1.32. The summed E-state index contributed by atoms with van der Waals surface area (Å²) in [6, 6.07) is 13.0. The molecule has 1 aliphatic heterocycles. The minimum Gasteiger partial charge on any atom is -0.438 e. The van der Waals surface area contributed by atoms with E-state index in [0.717, 1.165) is 12.1 Å². The Bertz CT molecular complexity index is 1580. The third kappa shape index (κ3) is 6.69. The molecule has 2 aromatic carbocycles. The van der Waals surface area contributed by atoms with Crippen molar-refractivity contribution in [1.82, 2.24) is 15.0 Å². The fourth-order valence-corrected chi connectivity index (χ4v) is 4.42. The number of alkyl halides is 3. The van der Waals surface area contributed by atoms with E-state index < -0.39 is 17.8 Å². The number of hydrogen-bond donors (Lipinski definition) is 3. The zero-order chi connectivity index (χ0) is 29.7. The molecule has 1 fully saturated rings. The summed E-state index contributed by atoms with van der Waals surface area (Å²) < 4.78 is 51.8. The molecule has 10 nitrogen and oxygen atoms in total. The Morgan fingerprint density at radius 2 is 1.81 bits per heavy atom. The highest BCUT2D eigenvalue weighted by atomic mass is 19.4. The molecule has 1 saturated heterocycles. The van der Waals surface area contributed by atoms with Crippen molar-refractivity contribution in [1.29, 1.82) is 0 Å². The molecule has 4 aromatic rings. The lowest BCUT2D eigenvalue weighted by Gasteiger charge is -2.31. The van der Waals surface area contributed by atoms with Gasteiger partial charge in [0.25, 0.3) is 0 Å². The van der Waals surface area contributed by atoms with Crippen molar-refractivity contribution in [3.8, 4) is 22.9 Å². The minimum atomic E-state index is -4.56. The highest BCUT2D eigenvalue weighted by molar-refractivity contribution is 6.02. The lowest BCUT2D eigenvalue weighted by Crippen LogP contribution is -2.37. The third-order valence-electron chi connectivity index (χ3n) is 6.49. The van der Waals surface area contributed by atoms with E-state index in [-0.39, 0.29) is 5.69 Å². The number of benzene rings is 2. The van der Waals surface area contributed by atoms with Gasteiger partial charge >= 0.3 is 12.2 Å². The van der Waals surface area contributed by atoms with Crippen molar-refractivity contribution in [2.75, 3.05) is 54.2 Å². The van der Waals surface area contributed by atoms with Gasteiger partial charge in [-0.05, 0) is 67.1 Å². The number of halogens is 3. The summed E-state index contributed by atoms with van der Waals surface area (Å²) in [7, 11) is 1.72. The van der Waals surface area contributed by atoms with E-state index in [1.165, 1.54) is 6.07 Å². The summed E-state index contributed by atoms with van der Waals surface area (Å²) >= 11 is 0. The molecule has 3 N–H and O–H groups in total. The summed E-state index contributed by atoms with van der Waals surface area (Å²) in [5.74, 6) is 1.28. The first-order valence-corrected chi connectivity index (χ1v) is 13.1. The molecule has 0 aliphatic carbocycles. The summed E-state index contributed by atoms with van der Waals surface area (Å²) in [4.78, 5) is 27.7. The number of morpholine rings is 1. The Morgan fingerprint density at radius 1 is 1.00 bits per heavy atom. The van der Waals surface area contributed by atoms with E-state index in [0.29, 0.717) is 72.1 Å². The molecule has 0 atom stereocenters. The number of rotatable bonds is 7. The number of aromatic nitrogens is 3. The van der Waals surface area contributed by atoms with Crippen LogP contribution < -0.4 is 25.6 Å². The maximum Gasteiger partial charge on any atom is 0.416 e. The van der Waals surface area contributed by atoms with Crippen LogP contribution >= 0.6 is 0 Å². The first-order chi connectivity index (χ1) is 20.2. The standard InChI is InChI=1S/C29H28F3N7O3/c1-18-16-20(6-8-25(18)42-26-21(4-3-10-34-26)22-9-11-35-27(33-2)37-22)36-28(40)38-23-17-19(29(30,31)32)5-7-24(23)39-12-14-41-15-13-39/h3-11,16-17H,12-15H2,1-2H3,(H,33,35,37)(H2,36,38,40). The van der Waals surface area contributed by atoms with Gasteiger partial charge in [0.05, 0.1) is 41.4 Å². The van der Waals surface area contributed by atoms with Gasteiger partial charge in [0.15, 0.2) is 0 Å². The second kappa shape index (κ2) is 12.3. The van der Waals surface area contributed by atoms with E-state index in [1.807, 2.05) is 11.0 Å². The molecule has 0 unspecified atom stereocenters. The number of hydrogen-bond acceptors (Lipinski definition) is 8. The van der Waals surface area contributed by atoms with Crippen LogP contribution in [-0.2, 0) is 10.9 Å². The fourth-order valence-electron chi connectivity index (χ4n) is 4.42. The third-order valence-corrected chi connectivity index (χ3v) is 6.49. The van der Waals surface area contributed by atoms with E-state index in [2.05, 4.69) is 30.9 Å². The first kappa shape index (κ1) is 28.6. The van der Waals surface area contributed by atoms with Crippen LogP contribution in [0.3, 0.4) is 0 Å². The number of pyridine rings is 1. The van der Waals surface area contributed by atoms with Crippen LogP contribution in [0.5, 0.6) is 11.6 Å². The van der Waals surface area contributed by atoms with Gasteiger partial charge in [-0.1, -0.05) is 0 Å². The highest BCUT2D eigenvalue weighted by Gasteiger charge is 2.32. The van der Waals surface area contributed by atoms with Crippen LogP contribution in [0.4, 0.5) is 41.0 Å². The van der Waals surface area contributed by atoms with Crippen molar-refractivity contribution in [2.24, 2.45) is 0 Å². The Kier molecular flexibility index (Phi) is 8.38.